The summed E-state index contributed by atoms with van der Waals surface area (Å²) < 4.78 is 24.3. The maximum Gasteiger partial charge on any atom is 0.157 e. The van der Waals surface area contributed by atoms with Crippen molar-refractivity contribution in [2.45, 2.75) is 50.8 Å². The van der Waals surface area contributed by atoms with Gasteiger partial charge in [-0.05, 0) is 16.7 Å². The Morgan fingerprint density at radius 3 is 1.75 bits per heavy atom. The molecule has 168 valence electrons. The minimum atomic E-state index is -0.919. The van der Waals surface area contributed by atoms with Crippen molar-refractivity contribution in [1.29, 1.82) is 0 Å². The first-order valence-electron chi connectivity index (χ1n) is 11.0. The van der Waals surface area contributed by atoms with Gasteiger partial charge in [0.25, 0.3) is 0 Å². The molecule has 1 saturated heterocycles. The molecule has 1 heterocycles. The molecule has 5 heteroatoms. The largest absolute Gasteiger partial charge is 0.374 e. The number of hydrogen-bond donors (Lipinski definition) is 1. The number of benzene rings is 3. The molecule has 0 aliphatic carbocycles. The van der Waals surface area contributed by atoms with E-state index in [9.17, 15) is 5.11 Å². The Bertz CT molecular complexity index is 903. The summed E-state index contributed by atoms with van der Waals surface area (Å²) in [4.78, 5) is 0. The molecule has 1 N–H and O–H groups in total. The van der Waals surface area contributed by atoms with Crippen LogP contribution in [0.3, 0.4) is 0 Å². The van der Waals surface area contributed by atoms with Crippen molar-refractivity contribution in [3.05, 3.63) is 108 Å². The van der Waals surface area contributed by atoms with Crippen LogP contribution in [0.15, 0.2) is 91.0 Å². The topological polar surface area (TPSA) is 57.2 Å². The molecule has 4 atom stereocenters. The van der Waals surface area contributed by atoms with Gasteiger partial charge in [-0.25, -0.2) is 0 Å². The highest BCUT2D eigenvalue weighted by Crippen LogP contribution is 2.27. The number of ether oxygens (including phenoxy) is 4. The predicted octanol–water partition coefficient (Wildman–Crippen LogP) is 4.48. The highest BCUT2D eigenvalue weighted by atomic mass is 16.6. The van der Waals surface area contributed by atoms with Crippen LogP contribution in [-0.2, 0) is 38.8 Å². The third-order valence-corrected chi connectivity index (χ3v) is 5.48. The lowest BCUT2D eigenvalue weighted by Crippen LogP contribution is -2.52. The van der Waals surface area contributed by atoms with Crippen LogP contribution < -0.4 is 0 Å². The molecule has 0 saturated carbocycles. The zero-order valence-corrected chi connectivity index (χ0v) is 18.1. The number of aliphatic hydroxyl groups excluding tert-OH is 1. The van der Waals surface area contributed by atoms with Crippen LogP contribution in [0.1, 0.15) is 23.1 Å². The van der Waals surface area contributed by atoms with Gasteiger partial charge in [0.05, 0.1) is 32.5 Å². The molecule has 1 unspecified atom stereocenters. The molecule has 1 aliphatic heterocycles. The fourth-order valence-corrected chi connectivity index (χ4v) is 3.83. The Morgan fingerprint density at radius 1 is 0.688 bits per heavy atom. The van der Waals surface area contributed by atoms with Crippen LogP contribution in [0.2, 0.25) is 0 Å². The van der Waals surface area contributed by atoms with E-state index < -0.39 is 12.4 Å². The van der Waals surface area contributed by atoms with Crippen LogP contribution in [0.5, 0.6) is 0 Å². The van der Waals surface area contributed by atoms with Gasteiger partial charge in [0, 0.05) is 6.42 Å². The van der Waals surface area contributed by atoms with Crippen molar-refractivity contribution >= 4 is 0 Å². The summed E-state index contributed by atoms with van der Waals surface area (Å²) in [6, 6.07) is 30.0. The van der Waals surface area contributed by atoms with E-state index in [1.807, 2.05) is 91.0 Å². The van der Waals surface area contributed by atoms with Crippen LogP contribution in [0.4, 0.5) is 0 Å². The van der Waals surface area contributed by atoms with Gasteiger partial charge in [-0.1, -0.05) is 91.0 Å². The second kappa shape index (κ2) is 11.9. The molecule has 4 rings (SSSR count). The molecule has 0 aromatic heterocycles. The molecule has 0 bridgehead atoms. The molecular weight excluding hydrogens is 404 g/mol. The van der Waals surface area contributed by atoms with E-state index in [-0.39, 0.29) is 12.2 Å². The summed E-state index contributed by atoms with van der Waals surface area (Å²) in [6.45, 7) is 1.65. The van der Waals surface area contributed by atoms with Gasteiger partial charge >= 0.3 is 0 Å². The summed E-state index contributed by atoms with van der Waals surface area (Å²) in [5, 5.41) is 10.4. The fraction of sp³-hybridized carbons (Fsp3) is 0.333. The Hall–Kier alpha value is -2.54. The molecule has 0 spiro atoms. The first-order chi connectivity index (χ1) is 15.8. The minimum Gasteiger partial charge on any atom is -0.374 e. The van der Waals surface area contributed by atoms with Gasteiger partial charge in [-0.2, -0.15) is 0 Å². The molecule has 32 heavy (non-hydrogen) atoms. The summed E-state index contributed by atoms with van der Waals surface area (Å²) in [6.07, 6.45) is -1.68. The van der Waals surface area contributed by atoms with Crippen molar-refractivity contribution in [2.24, 2.45) is 0 Å². The Labute approximate surface area is 189 Å². The van der Waals surface area contributed by atoms with Crippen molar-refractivity contribution in [2.75, 3.05) is 6.61 Å². The maximum absolute atomic E-state index is 10.4. The van der Waals surface area contributed by atoms with Crippen LogP contribution >= 0.6 is 0 Å². The lowest BCUT2D eigenvalue weighted by Gasteiger charge is -2.39. The van der Waals surface area contributed by atoms with Gasteiger partial charge < -0.3 is 24.1 Å². The highest BCUT2D eigenvalue weighted by Gasteiger charge is 2.40. The van der Waals surface area contributed by atoms with E-state index in [2.05, 4.69) is 0 Å². The second-order valence-corrected chi connectivity index (χ2v) is 7.96. The van der Waals surface area contributed by atoms with E-state index in [0.29, 0.717) is 32.8 Å². The van der Waals surface area contributed by atoms with Gasteiger partial charge in [0.15, 0.2) is 6.29 Å². The summed E-state index contributed by atoms with van der Waals surface area (Å²) in [5.41, 5.74) is 3.24. The van der Waals surface area contributed by atoms with E-state index in [1.165, 1.54) is 0 Å². The summed E-state index contributed by atoms with van der Waals surface area (Å²) in [7, 11) is 0. The highest BCUT2D eigenvalue weighted by molar-refractivity contribution is 5.15. The molecule has 1 fully saturated rings. The van der Waals surface area contributed by atoms with Gasteiger partial charge in [-0.15, -0.1) is 0 Å². The van der Waals surface area contributed by atoms with Crippen LogP contribution in [-0.4, -0.2) is 36.3 Å². The average molecular weight is 435 g/mol. The Kier molecular flexibility index (Phi) is 8.42. The van der Waals surface area contributed by atoms with E-state index in [4.69, 9.17) is 18.9 Å². The van der Waals surface area contributed by atoms with Crippen molar-refractivity contribution in [3.8, 4) is 0 Å². The smallest absolute Gasteiger partial charge is 0.157 e. The molecule has 3 aromatic carbocycles. The lowest BCUT2D eigenvalue weighted by molar-refractivity contribution is -0.265. The molecular formula is C27H30O5. The average Bonchev–Trinajstić information content (AvgIpc) is 2.84. The third-order valence-electron chi connectivity index (χ3n) is 5.48. The molecule has 0 amide bonds. The molecule has 5 nitrogen and oxygen atoms in total. The van der Waals surface area contributed by atoms with Gasteiger partial charge in [-0.3, -0.25) is 0 Å². The number of rotatable bonds is 10. The number of hydrogen-bond acceptors (Lipinski definition) is 5. The van der Waals surface area contributed by atoms with Gasteiger partial charge in [0.1, 0.15) is 12.2 Å². The quantitative estimate of drug-likeness (QED) is 0.510. The van der Waals surface area contributed by atoms with Crippen molar-refractivity contribution < 1.29 is 24.1 Å². The monoisotopic (exact) mass is 434 g/mol. The van der Waals surface area contributed by atoms with Crippen molar-refractivity contribution in [3.63, 3.8) is 0 Å². The molecule has 0 radical (unpaired) electrons. The van der Waals surface area contributed by atoms with Crippen LogP contribution in [0.25, 0.3) is 0 Å². The standard InChI is InChI=1S/C27H30O5/c28-26-16-24(30-18-22-12-6-2-7-13-22)27(31-19-23-14-8-3-9-15-23)25(32-26)20-29-17-21-10-4-1-5-11-21/h1-15,24-28H,16-20H2/t24-,25+,26?,27-/m0/s1. The SMILES string of the molecule is OC1C[C@H](OCc2ccccc2)[C@H](OCc2ccccc2)[C@@H](COCc2ccccc2)O1. The van der Waals surface area contributed by atoms with Gasteiger partial charge in [0.2, 0.25) is 0 Å². The van der Waals surface area contributed by atoms with Crippen LogP contribution in [0, 0.1) is 0 Å². The second-order valence-electron chi connectivity index (χ2n) is 7.96. The Morgan fingerprint density at radius 2 is 1.19 bits per heavy atom. The fourth-order valence-electron chi connectivity index (χ4n) is 3.83. The normalized spacial score (nSPS) is 23.2. The minimum absolute atomic E-state index is 0.302. The maximum atomic E-state index is 10.4. The zero-order chi connectivity index (χ0) is 22.0. The predicted molar refractivity (Wildman–Crippen MR) is 122 cm³/mol. The number of aliphatic hydroxyl groups is 1. The Balaban J connectivity index is 1.42. The third kappa shape index (κ3) is 6.73. The van der Waals surface area contributed by atoms with E-state index >= 15 is 0 Å². The first-order valence-corrected chi connectivity index (χ1v) is 11.0. The summed E-state index contributed by atoms with van der Waals surface area (Å²) >= 11 is 0. The molecule has 3 aromatic rings. The van der Waals surface area contributed by atoms with E-state index in [0.717, 1.165) is 16.7 Å². The zero-order valence-electron chi connectivity index (χ0n) is 18.1. The first kappa shape index (κ1) is 22.6. The van der Waals surface area contributed by atoms with Crippen molar-refractivity contribution in [1.82, 2.24) is 0 Å². The lowest BCUT2D eigenvalue weighted by atomic mass is 10.0. The van der Waals surface area contributed by atoms with E-state index in [1.54, 1.807) is 0 Å². The summed E-state index contributed by atoms with van der Waals surface area (Å²) in [5.74, 6) is 0. The molecule has 1 aliphatic rings.